The number of para-hydroxylation sites is 1. The second-order valence-corrected chi connectivity index (χ2v) is 5.48. The molecule has 0 saturated heterocycles. The van der Waals surface area contributed by atoms with Gasteiger partial charge >= 0.3 is 0 Å². The van der Waals surface area contributed by atoms with Gasteiger partial charge in [-0.3, -0.25) is 0 Å². The summed E-state index contributed by atoms with van der Waals surface area (Å²) in [5.74, 6) is 0. The van der Waals surface area contributed by atoms with E-state index in [-0.39, 0.29) is 5.38 Å². The monoisotopic (exact) mass is 272 g/mol. The van der Waals surface area contributed by atoms with E-state index < -0.39 is 0 Å². The van der Waals surface area contributed by atoms with Gasteiger partial charge in [0.1, 0.15) is 0 Å². The number of benzene rings is 1. The van der Waals surface area contributed by atoms with Crippen molar-refractivity contribution in [2.45, 2.75) is 31.1 Å². The molecule has 19 heavy (non-hydrogen) atoms. The lowest BCUT2D eigenvalue weighted by Crippen LogP contribution is -2.02. The van der Waals surface area contributed by atoms with Crippen molar-refractivity contribution in [2.75, 3.05) is 0 Å². The van der Waals surface area contributed by atoms with E-state index in [1.54, 1.807) is 0 Å². The zero-order valence-electron chi connectivity index (χ0n) is 10.8. The molecule has 1 heterocycles. The first-order valence-corrected chi connectivity index (χ1v) is 7.23. The Morgan fingerprint density at radius 3 is 2.79 bits per heavy atom. The molecule has 0 aliphatic heterocycles. The van der Waals surface area contributed by atoms with E-state index in [1.165, 1.54) is 24.1 Å². The number of allylic oxidation sites excluding steroid dienone is 2. The Bertz CT molecular complexity index is 571. The third-order valence-corrected chi connectivity index (χ3v) is 3.87. The smallest absolute Gasteiger partial charge is 0.0697 e. The van der Waals surface area contributed by atoms with Gasteiger partial charge in [0.2, 0.25) is 0 Å². The van der Waals surface area contributed by atoms with Crippen LogP contribution in [-0.2, 0) is 0 Å². The van der Waals surface area contributed by atoms with Gasteiger partial charge in [-0.1, -0.05) is 30.7 Å². The lowest BCUT2D eigenvalue weighted by atomic mass is 10.1. The molecular weight excluding hydrogens is 256 g/mol. The summed E-state index contributed by atoms with van der Waals surface area (Å²) in [5, 5.41) is 4.60. The minimum atomic E-state index is 0.150. The lowest BCUT2D eigenvalue weighted by Gasteiger charge is -2.10. The molecule has 0 N–H and O–H groups in total. The highest BCUT2D eigenvalue weighted by atomic mass is 35.5. The zero-order valence-corrected chi connectivity index (χ0v) is 11.6. The molecule has 1 atom stereocenters. The van der Waals surface area contributed by atoms with Crippen LogP contribution in [0, 0.1) is 0 Å². The van der Waals surface area contributed by atoms with Crippen molar-refractivity contribution in [3.8, 4) is 5.69 Å². The topological polar surface area (TPSA) is 17.8 Å². The van der Waals surface area contributed by atoms with Crippen molar-refractivity contribution in [2.24, 2.45) is 0 Å². The summed E-state index contributed by atoms with van der Waals surface area (Å²) in [4.78, 5) is 0. The molecule has 0 amide bonds. The summed E-state index contributed by atoms with van der Waals surface area (Å²) in [5.41, 5.74) is 3.58. The fourth-order valence-corrected chi connectivity index (χ4v) is 2.88. The molecule has 2 aromatic rings. The maximum absolute atomic E-state index is 6.33. The number of nitrogens with zero attached hydrogens (tertiary/aromatic N) is 2. The highest BCUT2D eigenvalue weighted by Gasteiger charge is 2.14. The minimum Gasteiger partial charge on any atom is -0.233 e. The maximum atomic E-state index is 6.33. The molecule has 0 fully saturated rings. The van der Waals surface area contributed by atoms with Gasteiger partial charge in [-0.05, 0) is 43.0 Å². The Balaban J connectivity index is 2.00. The van der Waals surface area contributed by atoms with Gasteiger partial charge in [-0.25, -0.2) is 4.68 Å². The van der Waals surface area contributed by atoms with Gasteiger partial charge in [-0.2, -0.15) is 5.10 Å². The van der Waals surface area contributed by atoms with Crippen LogP contribution in [-0.4, -0.2) is 15.2 Å². The fraction of sp³-hybridized carbons (Fsp3) is 0.312. The molecule has 3 rings (SSSR count). The van der Waals surface area contributed by atoms with Crippen molar-refractivity contribution >= 4 is 17.2 Å². The highest BCUT2D eigenvalue weighted by Crippen LogP contribution is 2.29. The van der Waals surface area contributed by atoms with E-state index in [4.69, 9.17) is 11.6 Å². The quantitative estimate of drug-likeness (QED) is 0.739. The van der Waals surface area contributed by atoms with Crippen LogP contribution < -0.4 is 0 Å². The van der Waals surface area contributed by atoms with E-state index in [0.29, 0.717) is 0 Å². The van der Waals surface area contributed by atoms with E-state index in [0.717, 1.165) is 18.5 Å². The van der Waals surface area contributed by atoms with Crippen molar-refractivity contribution in [3.63, 3.8) is 0 Å². The number of aromatic nitrogens is 2. The van der Waals surface area contributed by atoms with Crippen LogP contribution in [0.3, 0.4) is 0 Å². The van der Waals surface area contributed by atoms with Gasteiger partial charge in [0, 0.05) is 0 Å². The summed E-state index contributed by atoms with van der Waals surface area (Å²) in [6.07, 6.45) is 8.62. The third kappa shape index (κ3) is 2.74. The molecule has 1 aliphatic carbocycles. The van der Waals surface area contributed by atoms with Crippen molar-refractivity contribution in [3.05, 3.63) is 54.4 Å². The first kappa shape index (κ1) is 12.5. The standard InChI is InChI=1S/C16H17ClN2/c17-14-7-5-4-6-13(12-14)16-10-11-18-19(16)15-8-2-1-3-9-15/h1-3,8-12,14H,4-7H2. The Morgan fingerprint density at radius 1 is 1.11 bits per heavy atom. The molecule has 2 nitrogen and oxygen atoms in total. The van der Waals surface area contributed by atoms with Crippen LogP contribution >= 0.6 is 11.6 Å². The SMILES string of the molecule is ClC1C=C(c2ccnn2-c2ccccc2)CCCC1. The minimum absolute atomic E-state index is 0.150. The lowest BCUT2D eigenvalue weighted by molar-refractivity contribution is 0.722. The Kier molecular flexibility index (Phi) is 3.69. The number of halogens is 1. The molecule has 0 spiro atoms. The van der Waals surface area contributed by atoms with Gasteiger partial charge in [0.15, 0.2) is 0 Å². The highest BCUT2D eigenvalue weighted by molar-refractivity contribution is 6.22. The molecule has 1 aliphatic rings. The van der Waals surface area contributed by atoms with Crippen molar-refractivity contribution in [1.29, 1.82) is 0 Å². The number of hydrogen-bond donors (Lipinski definition) is 0. The summed E-state index contributed by atoms with van der Waals surface area (Å²) < 4.78 is 2.00. The number of alkyl halides is 1. The summed E-state index contributed by atoms with van der Waals surface area (Å²) in [6.45, 7) is 0. The van der Waals surface area contributed by atoms with E-state index in [1.807, 2.05) is 29.1 Å². The van der Waals surface area contributed by atoms with E-state index >= 15 is 0 Å². The van der Waals surface area contributed by atoms with Crippen molar-refractivity contribution < 1.29 is 0 Å². The first-order valence-electron chi connectivity index (χ1n) is 6.79. The third-order valence-electron chi connectivity index (χ3n) is 3.53. The Morgan fingerprint density at radius 2 is 1.95 bits per heavy atom. The molecule has 3 heteroatoms. The summed E-state index contributed by atoms with van der Waals surface area (Å²) >= 11 is 6.33. The molecule has 0 radical (unpaired) electrons. The van der Waals surface area contributed by atoms with Gasteiger partial charge in [0.05, 0.1) is 23.0 Å². The summed E-state index contributed by atoms with van der Waals surface area (Å²) in [7, 11) is 0. The Labute approximate surface area is 118 Å². The van der Waals surface area contributed by atoms with Crippen LogP contribution in [0.25, 0.3) is 11.3 Å². The predicted octanol–water partition coefficient (Wildman–Crippen LogP) is 4.44. The predicted molar refractivity (Wildman–Crippen MR) is 79.7 cm³/mol. The van der Waals surface area contributed by atoms with Crippen LogP contribution in [0.15, 0.2) is 48.7 Å². The molecule has 1 aromatic heterocycles. The molecule has 1 unspecified atom stereocenters. The van der Waals surface area contributed by atoms with Crippen LogP contribution in [0.1, 0.15) is 31.4 Å². The molecule has 0 bridgehead atoms. The maximum Gasteiger partial charge on any atom is 0.0697 e. The average Bonchev–Trinajstić information content (AvgIpc) is 2.83. The van der Waals surface area contributed by atoms with Gasteiger partial charge in [-0.15, -0.1) is 11.6 Å². The average molecular weight is 273 g/mol. The van der Waals surface area contributed by atoms with Crippen LogP contribution in [0.5, 0.6) is 0 Å². The number of rotatable bonds is 2. The zero-order chi connectivity index (χ0) is 13.1. The Hall–Kier alpha value is -1.54. The largest absolute Gasteiger partial charge is 0.233 e. The summed E-state index contributed by atoms with van der Waals surface area (Å²) in [6, 6.07) is 12.3. The van der Waals surface area contributed by atoms with Crippen LogP contribution in [0.2, 0.25) is 0 Å². The molecule has 1 aromatic carbocycles. The second-order valence-electron chi connectivity index (χ2n) is 4.92. The fourth-order valence-electron chi connectivity index (χ4n) is 2.57. The normalized spacial score (nSPS) is 19.8. The van der Waals surface area contributed by atoms with E-state index in [9.17, 15) is 0 Å². The molecular formula is C16H17ClN2. The van der Waals surface area contributed by atoms with E-state index in [2.05, 4.69) is 29.4 Å². The molecule has 98 valence electrons. The van der Waals surface area contributed by atoms with Gasteiger partial charge < -0.3 is 0 Å². The number of hydrogen-bond acceptors (Lipinski definition) is 1. The first-order chi connectivity index (χ1) is 9.34. The molecule has 0 saturated carbocycles. The van der Waals surface area contributed by atoms with Crippen molar-refractivity contribution in [1.82, 2.24) is 9.78 Å². The van der Waals surface area contributed by atoms with Crippen LogP contribution in [0.4, 0.5) is 0 Å². The van der Waals surface area contributed by atoms with Gasteiger partial charge in [0.25, 0.3) is 0 Å². The second kappa shape index (κ2) is 5.62.